The van der Waals surface area contributed by atoms with Gasteiger partial charge < -0.3 is 19.4 Å². The van der Waals surface area contributed by atoms with E-state index in [9.17, 15) is 0 Å². The van der Waals surface area contributed by atoms with Crippen LogP contribution in [0.4, 0.5) is 0 Å². The summed E-state index contributed by atoms with van der Waals surface area (Å²) in [4.78, 5) is 2.52. The normalized spacial score (nSPS) is 20.8. The van der Waals surface area contributed by atoms with Crippen molar-refractivity contribution in [3.63, 3.8) is 0 Å². The van der Waals surface area contributed by atoms with Crippen LogP contribution in [0.5, 0.6) is 11.5 Å². The van der Waals surface area contributed by atoms with E-state index in [2.05, 4.69) is 37.1 Å². The zero-order valence-electron chi connectivity index (χ0n) is 15.0. The topological polar surface area (TPSA) is 64.4 Å². The Morgan fingerprint density at radius 3 is 2.77 bits per heavy atom. The molecule has 0 aliphatic carbocycles. The molecule has 7 nitrogen and oxygen atoms in total. The van der Waals surface area contributed by atoms with E-state index < -0.39 is 0 Å². The van der Waals surface area contributed by atoms with E-state index in [0.717, 1.165) is 69.4 Å². The van der Waals surface area contributed by atoms with Gasteiger partial charge in [-0.3, -0.25) is 4.90 Å². The average molecular weight is 355 g/mol. The van der Waals surface area contributed by atoms with Gasteiger partial charge in [-0.15, -0.1) is 10.2 Å². The second-order valence-electron chi connectivity index (χ2n) is 7.33. The van der Waals surface area contributed by atoms with Crippen molar-refractivity contribution in [3.05, 3.63) is 35.4 Å². The third-order valence-electron chi connectivity index (χ3n) is 5.62. The van der Waals surface area contributed by atoms with E-state index in [4.69, 9.17) is 9.47 Å². The fourth-order valence-electron chi connectivity index (χ4n) is 4.21. The number of hydrogen-bond donors (Lipinski definition) is 1. The van der Waals surface area contributed by atoms with Gasteiger partial charge in [0.25, 0.3) is 0 Å². The Labute approximate surface area is 153 Å². The molecular weight excluding hydrogens is 330 g/mol. The van der Waals surface area contributed by atoms with Crippen LogP contribution in [0, 0.1) is 0 Å². The predicted octanol–water partition coefficient (Wildman–Crippen LogP) is 1.53. The maximum Gasteiger partial charge on any atom is 0.161 e. The summed E-state index contributed by atoms with van der Waals surface area (Å²) in [7, 11) is 0. The van der Waals surface area contributed by atoms with Crippen molar-refractivity contribution >= 4 is 0 Å². The Balaban J connectivity index is 1.22. The highest BCUT2D eigenvalue weighted by Gasteiger charge is 2.27. The van der Waals surface area contributed by atoms with Gasteiger partial charge in [0.1, 0.15) is 24.9 Å². The number of likely N-dealkylation sites (tertiary alicyclic amines) is 1. The zero-order valence-corrected chi connectivity index (χ0v) is 15.0. The van der Waals surface area contributed by atoms with Crippen molar-refractivity contribution in [3.8, 4) is 11.5 Å². The van der Waals surface area contributed by atoms with Crippen molar-refractivity contribution in [1.29, 1.82) is 0 Å². The first-order valence-corrected chi connectivity index (χ1v) is 9.60. The third-order valence-corrected chi connectivity index (χ3v) is 5.62. The minimum Gasteiger partial charge on any atom is -0.486 e. The number of nitrogens with zero attached hydrogens (tertiary/aromatic N) is 4. The van der Waals surface area contributed by atoms with E-state index in [0.29, 0.717) is 19.1 Å². The second-order valence-corrected chi connectivity index (χ2v) is 7.33. The van der Waals surface area contributed by atoms with Gasteiger partial charge >= 0.3 is 0 Å². The minimum absolute atomic E-state index is 0.533. The van der Waals surface area contributed by atoms with E-state index in [1.807, 2.05) is 6.07 Å². The molecule has 5 rings (SSSR count). The van der Waals surface area contributed by atoms with Gasteiger partial charge in [-0.05, 0) is 43.6 Å². The smallest absolute Gasteiger partial charge is 0.161 e. The summed E-state index contributed by atoms with van der Waals surface area (Å²) in [5, 5.41) is 12.2. The molecule has 7 heteroatoms. The number of benzene rings is 1. The largest absolute Gasteiger partial charge is 0.486 e. The number of rotatable bonds is 3. The number of aromatic nitrogens is 3. The van der Waals surface area contributed by atoms with E-state index in [1.54, 1.807) is 0 Å². The lowest BCUT2D eigenvalue weighted by Crippen LogP contribution is -2.34. The monoisotopic (exact) mass is 355 g/mol. The molecule has 1 aromatic heterocycles. The number of piperidine rings is 1. The molecule has 3 aliphatic heterocycles. The highest BCUT2D eigenvalue weighted by molar-refractivity contribution is 5.43. The zero-order chi connectivity index (χ0) is 17.3. The van der Waals surface area contributed by atoms with Gasteiger partial charge in [0.05, 0.1) is 6.54 Å². The summed E-state index contributed by atoms with van der Waals surface area (Å²) in [5.41, 5.74) is 1.29. The fourth-order valence-corrected chi connectivity index (χ4v) is 4.21. The van der Waals surface area contributed by atoms with Crippen LogP contribution >= 0.6 is 0 Å². The summed E-state index contributed by atoms with van der Waals surface area (Å²) in [5.74, 6) is 4.56. The maximum absolute atomic E-state index is 5.71. The SMILES string of the molecule is c1cc2c(cc1CN1CCC(c3nnc4n3CCNC4)CC1)OCCO2. The first kappa shape index (κ1) is 16.1. The summed E-state index contributed by atoms with van der Waals surface area (Å²) in [6.45, 7) is 7.29. The van der Waals surface area contributed by atoms with Crippen molar-refractivity contribution in [2.45, 2.75) is 38.4 Å². The van der Waals surface area contributed by atoms with Crippen LogP contribution in [-0.4, -0.2) is 52.5 Å². The van der Waals surface area contributed by atoms with Crippen LogP contribution in [0.15, 0.2) is 18.2 Å². The molecule has 0 saturated carbocycles. The lowest BCUT2D eigenvalue weighted by Gasteiger charge is -2.32. The molecule has 0 unspecified atom stereocenters. The molecule has 1 saturated heterocycles. The molecule has 0 amide bonds. The van der Waals surface area contributed by atoms with Crippen LogP contribution in [0.25, 0.3) is 0 Å². The highest BCUT2D eigenvalue weighted by Crippen LogP contribution is 2.32. The third kappa shape index (κ3) is 3.05. The van der Waals surface area contributed by atoms with Crippen LogP contribution in [-0.2, 0) is 19.6 Å². The lowest BCUT2D eigenvalue weighted by molar-refractivity contribution is 0.170. The molecule has 0 bridgehead atoms. The Hall–Kier alpha value is -2.12. The van der Waals surface area contributed by atoms with E-state index in [1.165, 1.54) is 11.4 Å². The van der Waals surface area contributed by atoms with Crippen LogP contribution in [0.2, 0.25) is 0 Å². The van der Waals surface area contributed by atoms with E-state index >= 15 is 0 Å². The quantitative estimate of drug-likeness (QED) is 0.901. The minimum atomic E-state index is 0.533. The Bertz CT molecular complexity index is 782. The fraction of sp³-hybridized carbons (Fsp3) is 0.579. The Morgan fingerprint density at radius 1 is 1.04 bits per heavy atom. The highest BCUT2D eigenvalue weighted by atomic mass is 16.6. The second kappa shape index (κ2) is 6.89. The number of hydrogen-bond acceptors (Lipinski definition) is 6. The van der Waals surface area contributed by atoms with Gasteiger partial charge in [0.15, 0.2) is 11.5 Å². The van der Waals surface area contributed by atoms with Gasteiger partial charge in [-0.2, -0.15) is 0 Å². The number of fused-ring (bicyclic) bond motifs is 2. The molecule has 1 fully saturated rings. The van der Waals surface area contributed by atoms with Crippen molar-refractivity contribution in [2.24, 2.45) is 0 Å². The average Bonchev–Trinajstić information content (AvgIpc) is 3.13. The molecule has 4 heterocycles. The molecule has 0 radical (unpaired) electrons. The molecule has 1 N–H and O–H groups in total. The van der Waals surface area contributed by atoms with Gasteiger partial charge in [-0.25, -0.2) is 0 Å². The summed E-state index contributed by atoms with van der Waals surface area (Å²) >= 11 is 0. The summed E-state index contributed by atoms with van der Waals surface area (Å²) in [6.07, 6.45) is 2.30. The number of nitrogens with one attached hydrogen (secondary N) is 1. The first-order chi connectivity index (χ1) is 12.9. The van der Waals surface area contributed by atoms with Crippen LogP contribution in [0.3, 0.4) is 0 Å². The van der Waals surface area contributed by atoms with Crippen molar-refractivity contribution in [1.82, 2.24) is 25.0 Å². The van der Waals surface area contributed by atoms with Crippen molar-refractivity contribution < 1.29 is 9.47 Å². The standard InChI is InChI=1S/C19H25N5O2/c1-2-16-17(26-10-9-25-16)11-14(1)13-23-6-3-15(4-7-23)19-22-21-18-12-20-5-8-24(18)19/h1-2,11,15,20H,3-10,12-13H2. The molecule has 26 heavy (non-hydrogen) atoms. The molecular formula is C19H25N5O2. The molecule has 0 spiro atoms. The lowest BCUT2D eigenvalue weighted by atomic mass is 9.95. The van der Waals surface area contributed by atoms with Gasteiger partial charge in [-0.1, -0.05) is 6.07 Å². The van der Waals surface area contributed by atoms with Crippen LogP contribution in [0.1, 0.15) is 36.0 Å². The summed E-state index contributed by atoms with van der Waals surface area (Å²) in [6, 6.07) is 6.32. The molecule has 2 aromatic rings. The van der Waals surface area contributed by atoms with E-state index in [-0.39, 0.29) is 0 Å². The van der Waals surface area contributed by atoms with Crippen molar-refractivity contribution in [2.75, 3.05) is 32.8 Å². The Morgan fingerprint density at radius 2 is 1.88 bits per heavy atom. The molecule has 1 aromatic carbocycles. The Kier molecular flexibility index (Phi) is 4.26. The maximum atomic E-state index is 5.71. The number of ether oxygens (including phenoxy) is 2. The van der Waals surface area contributed by atoms with Gasteiger partial charge in [0.2, 0.25) is 0 Å². The first-order valence-electron chi connectivity index (χ1n) is 9.60. The predicted molar refractivity (Wildman–Crippen MR) is 96.4 cm³/mol. The molecule has 0 atom stereocenters. The molecule has 138 valence electrons. The van der Waals surface area contributed by atoms with Gasteiger partial charge in [0, 0.05) is 25.6 Å². The summed E-state index contributed by atoms with van der Waals surface area (Å²) < 4.78 is 13.6. The van der Waals surface area contributed by atoms with Crippen LogP contribution < -0.4 is 14.8 Å². The molecule has 3 aliphatic rings.